The zero-order valence-corrected chi connectivity index (χ0v) is 13.7. The van der Waals surface area contributed by atoms with Gasteiger partial charge in [0.2, 0.25) is 0 Å². The van der Waals surface area contributed by atoms with E-state index >= 15 is 0 Å². The van der Waals surface area contributed by atoms with Crippen LogP contribution in [0.1, 0.15) is 5.56 Å². The zero-order chi connectivity index (χ0) is 17.1. The van der Waals surface area contributed by atoms with Crippen LogP contribution >= 0.6 is 0 Å². The molecule has 0 saturated heterocycles. The Bertz CT molecular complexity index is 863. The van der Waals surface area contributed by atoms with Crippen LogP contribution in [0, 0.1) is 0 Å². The lowest BCUT2D eigenvalue weighted by Crippen LogP contribution is -2.02. The van der Waals surface area contributed by atoms with Crippen molar-refractivity contribution in [3.8, 4) is 22.9 Å². The summed E-state index contributed by atoms with van der Waals surface area (Å²) in [5, 5.41) is 0.733. The molecule has 6 nitrogen and oxygen atoms in total. The summed E-state index contributed by atoms with van der Waals surface area (Å²) in [6.07, 6.45) is 0.845. The Morgan fingerprint density at radius 1 is 0.958 bits per heavy atom. The molecule has 0 atom stereocenters. The maximum atomic E-state index is 6.12. The van der Waals surface area contributed by atoms with Gasteiger partial charge in [-0.15, -0.1) is 0 Å². The van der Waals surface area contributed by atoms with Crippen LogP contribution in [0.5, 0.6) is 11.5 Å². The summed E-state index contributed by atoms with van der Waals surface area (Å²) in [6, 6.07) is 11.6. The third kappa shape index (κ3) is 2.96. The van der Waals surface area contributed by atoms with E-state index in [4.69, 9.17) is 20.9 Å². The molecule has 0 bridgehead atoms. The van der Waals surface area contributed by atoms with Gasteiger partial charge in [-0.3, -0.25) is 0 Å². The van der Waals surface area contributed by atoms with Gasteiger partial charge in [0.05, 0.1) is 19.7 Å². The third-order valence-corrected chi connectivity index (χ3v) is 3.88. The van der Waals surface area contributed by atoms with Gasteiger partial charge in [-0.05, 0) is 24.6 Å². The van der Waals surface area contributed by atoms with E-state index in [1.165, 1.54) is 5.56 Å². The Labute approximate surface area is 140 Å². The summed E-state index contributed by atoms with van der Waals surface area (Å²) < 4.78 is 10.6. The normalized spacial score (nSPS) is 10.8. The van der Waals surface area contributed by atoms with Gasteiger partial charge in [-0.25, -0.2) is 9.97 Å². The van der Waals surface area contributed by atoms with Crippen molar-refractivity contribution in [2.75, 3.05) is 26.5 Å². The van der Waals surface area contributed by atoms with Crippen LogP contribution in [0.2, 0.25) is 0 Å². The summed E-state index contributed by atoms with van der Waals surface area (Å²) in [5.74, 6) is 2.18. The highest BCUT2D eigenvalue weighted by molar-refractivity contribution is 5.92. The van der Waals surface area contributed by atoms with E-state index in [0.717, 1.165) is 17.4 Å². The minimum atomic E-state index is 0.405. The minimum Gasteiger partial charge on any atom is -0.493 e. The standard InChI is InChI=1S/C18H20N4O2/c1-23-15-9-13-14(10-16(15)24-2)21-18(22-17(13)20)12-5-3-11(4-6-12)7-8-19/h3-6,9-10H,7-8,19H2,1-2H3,(H2,20,21,22). The molecule has 0 aliphatic carbocycles. The number of nitrogen functional groups attached to an aromatic ring is 1. The average molecular weight is 324 g/mol. The highest BCUT2D eigenvalue weighted by Gasteiger charge is 2.12. The predicted octanol–water partition coefficient (Wildman–Crippen LogP) is 2.40. The summed E-state index contributed by atoms with van der Waals surface area (Å²) in [4.78, 5) is 9.04. The number of methoxy groups -OCH3 is 2. The molecular weight excluding hydrogens is 304 g/mol. The monoisotopic (exact) mass is 324 g/mol. The Morgan fingerprint density at radius 3 is 2.25 bits per heavy atom. The largest absolute Gasteiger partial charge is 0.493 e. The van der Waals surface area contributed by atoms with Crippen molar-refractivity contribution in [2.24, 2.45) is 5.73 Å². The fraction of sp³-hybridized carbons (Fsp3) is 0.222. The highest BCUT2D eigenvalue weighted by atomic mass is 16.5. The van der Waals surface area contributed by atoms with Crippen molar-refractivity contribution >= 4 is 16.7 Å². The first-order chi connectivity index (χ1) is 11.7. The molecule has 3 rings (SSSR count). The lowest BCUT2D eigenvalue weighted by molar-refractivity contribution is 0.356. The van der Waals surface area contributed by atoms with Gasteiger partial charge in [-0.1, -0.05) is 24.3 Å². The van der Waals surface area contributed by atoms with Gasteiger partial charge in [0, 0.05) is 17.0 Å². The highest BCUT2D eigenvalue weighted by Crippen LogP contribution is 2.34. The molecule has 24 heavy (non-hydrogen) atoms. The predicted molar refractivity (Wildman–Crippen MR) is 95.2 cm³/mol. The summed E-state index contributed by atoms with van der Waals surface area (Å²) >= 11 is 0. The van der Waals surface area contributed by atoms with Crippen LogP contribution in [0.4, 0.5) is 5.82 Å². The van der Waals surface area contributed by atoms with Crippen molar-refractivity contribution in [2.45, 2.75) is 6.42 Å². The molecule has 1 heterocycles. The van der Waals surface area contributed by atoms with Crippen molar-refractivity contribution in [1.29, 1.82) is 0 Å². The molecule has 0 saturated carbocycles. The van der Waals surface area contributed by atoms with E-state index in [9.17, 15) is 0 Å². The number of aromatic nitrogens is 2. The number of nitrogens with zero attached hydrogens (tertiary/aromatic N) is 2. The topological polar surface area (TPSA) is 96.3 Å². The first-order valence-electron chi connectivity index (χ1n) is 7.65. The number of fused-ring (bicyclic) bond motifs is 1. The SMILES string of the molecule is COc1cc2nc(-c3ccc(CCN)cc3)nc(N)c2cc1OC. The Kier molecular flexibility index (Phi) is 4.48. The van der Waals surface area contributed by atoms with Crippen LogP contribution in [0.15, 0.2) is 36.4 Å². The van der Waals surface area contributed by atoms with Crippen LogP contribution in [0.3, 0.4) is 0 Å². The summed E-state index contributed by atoms with van der Waals surface area (Å²) in [7, 11) is 3.17. The molecule has 0 fully saturated rings. The molecule has 1 aromatic heterocycles. The van der Waals surface area contributed by atoms with Crippen LogP contribution in [-0.2, 0) is 6.42 Å². The molecule has 4 N–H and O–H groups in total. The Morgan fingerprint density at radius 2 is 1.62 bits per heavy atom. The smallest absolute Gasteiger partial charge is 0.162 e. The van der Waals surface area contributed by atoms with Crippen molar-refractivity contribution in [1.82, 2.24) is 9.97 Å². The van der Waals surface area contributed by atoms with Gasteiger partial charge in [-0.2, -0.15) is 0 Å². The lowest BCUT2D eigenvalue weighted by atomic mass is 10.1. The molecule has 0 spiro atoms. The second kappa shape index (κ2) is 6.72. The molecule has 0 radical (unpaired) electrons. The molecule has 6 heteroatoms. The molecule has 0 aliphatic rings. The van der Waals surface area contributed by atoms with Gasteiger partial charge in [0.15, 0.2) is 17.3 Å². The van der Waals surface area contributed by atoms with Gasteiger partial charge in [0.1, 0.15) is 5.82 Å². The number of hydrogen-bond donors (Lipinski definition) is 2. The number of ether oxygens (including phenoxy) is 2. The quantitative estimate of drug-likeness (QED) is 0.748. The van der Waals surface area contributed by atoms with Crippen molar-refractivity contribution in [3.63, 3.8) is 0 Å². The minimum absolute atomic E-state index is 0.405. The number of rotatable bonds is 5. The third-order valence-electron chi connectivity index (χ3n) is 3.88. The van der Waals surface area contributed by atoms with Crippen LogP contribution in [-0.4, -0.2) is 30.7 Å². The molecule has 0 unspecified atom stereocenters. The molecule has 2 aromatic carbocycles. The van der Waals surface area contributed by atoms with Crippen LogP contribution < -0.4 is 20.9 Å². The number of benzene rings is 2. The summed E-state index contributed by atoms with van der Waals surface area (Å²) in [5.41, 5.74) is 14.5. The van der Waals surface area contributed by atoms with Gasteiger partial charge < -0.3 is 20.9 Å². The maximum absolute atomic E-state index is 6.12. The first kappa shape index (κ1) is 16.0. The van der Waals surface area contributed by atoms with Crippen LogP contribution in [0.25, 0.3) is 22.3 Å². The van der Waals surface area contributed by atoms with E-state index in [-0.39, 0.29) is 0 Å². The van der Waals surface area contributed by atoms with E-state index in [1.54, 1.807) is 26.4 Å². The second-order valence-electron chi connectivity index (χ2n) is 5.39. The fourth-order valence-electron chi connectivity index (χ4n) is 2.60. The Balaban J connectivity index is 2.09. The zero-order valence-electron chi connectivity index (χ0n) is 13.7. The summed E-state index contributed by atoms with van der Waals surface area (Å²) in [6.45, 7) is 0.625. The Hall–Kier alpha value is -2.86. The van der Waals surface area contributed by atoms with Gasteiger partial charge in [0.25, 0.3) is 0 Å². The first-order valence-corrected chi connectivity index (χ1v) is 7.65. The van der Waals surface area contributed by atoms with Crippen molar-refractivity contribution < 1.29 is 9.47 Å². The molecule has 124 valence electrons. The molecular formula is C18H20N4O2. The van der Waals surface area contributed by atoms with E-state index in [1.807, 2.05) is 24.3 Å². The van der Waals surface area contributed by atoms with Gasteiger partial charge >= 0.3 is 0 Å². The number of hydrogen-bond acceptors (Lipinski definition) is 6. The fourth-order valence-corrected chi connectivity index (χ4v) is 2.60. The second-order valence-corrected chi connectivity index (χ2v) is 5.39. The van der Waals surface area contributed by atoms with E-state index in [0.29, 0.717) is 35.2 Å². The molecule has 0 amide bonds. The molecule has 0 aliphatic heterocycles. The number of nitrogens with two attached hydrogens (primary N) is 2. The molecule has 3 aromatic rings. The lowest BCUT2D eigenvalue weighted by Gasteiger charge is -2.11. The van der Waals surface area contributed by atoms with Crippen molar-refractivity contribution in [3.05, 3.63) is 42.0 Å². The average Bonchev–Trinajstić information content (AvgIpc) is 2.61. The number of anilines is 1. The van der Waals surface area contributed by atoms with E-state index < -0.39 is 0 Å². The maximum Gasteiger partial charge on any atom is 0.162 e. The van der Waals surface area contributed by atoms with E-state index in [2.05, 4.69) is 9.97 Å².